The lowest BCUT2D eigenvalue weighted by Gasteiger charge is -2.31. The van der Waals surface area contributed by atoms with E-state index in [1.807, 2.05) is 0 Å². The zero-order valence-electron chi connectivity index (χ0n) is 20.7. The van der Waals surface area contributed by atoms with Crippen molar-refractivity contribution in [1.82, 2.24) is 9.80 Å². The Labute approximate surface area is 193 Å². The number of hydrogen-bond donors (Lipinski definition) is 0. The molecule has 5 nitrogen and oxygen atoms in total. The van der Waals surface area contributed by atoms with Crippen molar-refractivity contribution in [2.75, 3.05) is 72.3 Å². The van der Waals surface area contributed by atoms with Gasteiger partial charge in [-0.05, 0) is 6.42 Å². The fourth-order valence-corrected chi connectivity index (χ4v) is 4.69. The van der Waals surface area contributed by atoms with Gasteiger partial charge in [0.2, 0.25) is 0 Å². The van der Waals surface area contributed by atoms with Gasteiger partial charge in [0, 0.05) is 39.3 Å². The number of unbranched alkanes of at least 4 members (excludes halogenated alkanes) is 11. The Kier molecular flexibility index (Phi) is 16.8. The molecular formula is C26H52N2O3. The van der Waals surface area contributed by atoms with Crippen molar-refractivity contribution in [3.05, 3.63) is 0 Å². The van der Waals surface area contributed by atoms with Crippen LogP contribution < -0.4 is 0 Å². The van der Waals surface area contributed by atoms with E-state index in [1.165, 1.54) is 83.5 Å². The van der Waals surface area contributed by atoms with Gasteiger partial charge >= 0.3 is 0 Å². The third-order valence-electron chi connectivity index (χ3n) is 6.81. The summed E-state index contributed by atoms with van der Waals surface area (Å²) in [5.74, 6) is 0. The van der Waals surface area contributed by atoms with Crippen LogP contribution >= 0.6 is 0 Å². The summed E-state index contributed by atoms with van der Waals surface area (Å²) in [5.41, 5.74) is 0. The molecule has 1 unspecified atom stereocenters. The first-order valence-electron chi connectivity index (χ1n) is 13.6. The topological polar surface area (TPSA) is 34.2 Å². The van der Waals surface area contributed by atoms with Crippen molar-refractivity contribution in [2.45, 2.75) is 96.5 Å². The highest BCUT2D eigenvalue weighted by molar-refractivity contribution is 4.70. The molecule has 0 aromatic carbocycles. The fraction of sp³-hybridized carbons (Fsp3) is 1.00. The van der Waals surface area contributed by atoms with Crippen molar-refractivity contribution in [3.8, 4) is 0 Å². The molecule has 0 aromatic rings. The highest BCUT2D eigenvalue weighted by Gasteiger charge is 2.18. The lowest BCUT2D eigenvalue weighted by Crippen LogP contribution is -2.42. The first-order valence-corrected chi connectivity index (χ1v) is 13.6. The van der Waals surface area contributed by atoms with Gasteiger partial charge < -0.3 is 14.2 Å². The monoisotopic (exact) mass is 440 g/mol. The van der Waals surface area contributed by atoms with E-state index in [1.54, 1.807) is 0 Å². The largest absolute Gasteiger partial charge is 0.379 e. The van der Waals surface area contributed by atoms with Gasteiger partial charge in [0.25, 0.3) is 0 Å². The molecule has 0 aliphatic carbocycles. The van der Waals surface area contributed by atoms with Crippen molar-refractivity contribution < 1.29 is 14.2 Å². The van der Waals surface area contributed by atoms with E-state index in [2.05, 4.69) is 16.7 Å². The number of hydrogen-bond acceptors (Lipinski definition) is 5. The Morgan fingerprint density at radius 2 is 1.00 bits per heavy atom. The van der Waals surface area contributed by atoms with Gasteiger partial charge in [0.1, 0.15) is 0 Å². The van der Waals surface area contributed by atoms with Gasteiger partial charge in [0.15, 0.2) is 0 Å². The van der Waals surface area contributed by atoms with E-state index >= 15 is 0 Å². The van der Waals surface area contributed by atoms with Crippen molar-refractivity contribution in [1.29, 1.82) is 0 Å². The highest BCUT2D eigenvalue weighted by atomic mass is 16.5. The lowest BCUT2D eigenvalue weighted by molar-refractivity contribution is -0.0284. The van der Waals surface area contributed by atoms with E-state index in [4.69, 9.17) is 14.2 Å². The van der Waals surface area contributed by atoms with Crippen LogP contribution in [0.2, 0.25) is 0 Å². The highest BCUT2D eigenvalue weighted by Crippen LogP contribution is 2.15. The summed E-state index contributed by atoms with van der Waals surface area (Å²) in [6.45, 7) is 12.3. The normalized spacial score (nSPS) is 26.4. The standard InChI is InChI=1S/C26H52N2O3/c1-2-3-4-5-6-7-8-9-10-11-12-13-14-26-25-28-17-22-29-20-15-27(19-24-31-26)16-21-30-23-18-28/h26H,2-25H2,1H3. The number of ether oxygens (including phenoxy) is 3. The van der Waals surface area contributed by atoms with Gasteiger partial charge in [0.05, 0.1) is 39.1 Å². The van der Waals surface area contributed by atoms with E-state index in [-0.39, 0.29) is 0 Å². The molecular weight excluding hydrogens is 388 g/mol. The minimum absolute atomic E-state index is 0.351. The molecule has 0 spiro atoms. The quantitative estimate of drug-likeness (QED) is 0.371. The van der Waals surface area contributed by atoms with Crippen LogP contribution in [0.5, 0.6) is 0 Å². The first-order chi connectivity index (χ1) is 15.4. The molecule has 5 heteroatoms. The molecule has 3 saturated heterocycles. The zero-order valence-corrected chi connectivity index (χ0v) is 20.7. The Bertz CT molecular complexity index is 383. The molecule has 3 fully saturated rings. The average Bonchev–Trinajstić information content (AvgIpc) is 2.75. The maximum Gasteiger partial charge on any atom is 0.0702 e. The summed E-state index contributed by atoms with van der Waals surface area (Å²) in [6, 6.07) is 0. The second kappa shape index (κ2) is 19.3. The fourth-order valence-electron chi connectivity index (χ4n) is 4.69. The molecule has 0 N–H and O–H groups in total. The number of rotatable bonds is 13. The summed E-state index contributed by atoms with van der Waals surface area (Å²) < 4.78 is 18.2. The molecule has 3 aliphatic heterocycles. The van der Waals surface area contributed by atoms with Gasteiger partial charge in [-0.1, -0.05) is 84.0 Å². The molecule has 3 heterocycles. The van der Waals surface area contributed by atoms with Crippen LogP contribution in [0.4, 0.5) is 0 Å². The Morgan fingerprint density at radius 1 is 0.548 bits per heavy atom. The van der Waals surface area contributed by atoms with Gasteiger partial charge in [-0.3, -0.25) is 9.80 Å². The van der Waals surface area contributed by atoms with Crippen LogP contribution in [-0.4, -0.2) is 88.2 Å². The summed E-state index contributed by atoms with van der Waals surface area (Å²) >= 11 is 0. The van der Waals surface area contributed by atoms with Crippen LogP contribution in [0.15, 0.2) is 0 Å². The van der Waals surface area contributed by atoms with Crippen molar-refractivity contribution >= 4 is 0 Å². The molecule has 184 valence electrons. The molecule has 0 radical (unpaired) electrons. The van der Waals surface area contributed by atoms with Crippen LogP contribution in [-0.2, 0) is 14.2 Å². The number of nitrogens with zero attached hydrogens (tertiary/aromatic N) is 2. The average molecular weight is 441 g/mol. The molecule has 0 amide bonds. The summed E-state index contributed by atoms with van der Waals surface area (Å²) in [5, 5.41) is 0. The van der Waals surface area contributed by atoms with Crippen molar-refractivity contribution in [2.24, 2.45) is 0 Å². The van der Waals surface area contributed by atoms with E-state index in [9.17, 15) is 0 Å². The Balaban J connectivity index is 1.58. The van der Waals surface area contributed by atoms with E-state index in [0.717, 1.165) is 72.3 Å². The predicted molar refractivity (Wildman–Crippen MR) is 130 cm³/mol. The van der Waals surface area contributed by atoms with Crippen molar-refractivity contribution in [3.63, 3.8) is 0 Å². The molecule has 2 bridgehead atoms. The first kappa shape index (κ1) is 27.0. The maximum atomic E-state index is 6.38. The van der Waals surface area contributed by atoms with Crippen LogP contribution in [0, 0.1) is 0 Å². The minimum atomic E-state index is 0.351. The van der Waals surface area contributed by atoms with Crippen LogP contribution in [0.25, 0.3) is 0 Å². The molecule has 1 atom stereocenters. The molecule has 0 saturated carbocycles. The third-order valence-corrected chi connectivity index (χ3v) is 6.81. The summed E-state index contributed by atoms with van der Waals surface area (Å²) in [7, 11) is 0. The van der Waals surface area contributed by atoms with Gasteiger partial charge in [-0.25, -0.2) is 0 Å². The van der Waals surface area contributed by atoms with Crippen LogP contribution in [0.1, 0.15) is 90.4 Å². The zero-order chi connectivity index (χ0) is 21.8. The van der Waals surface area contributed by atoms with Gasteiger partial charge in [-0.2, -0.15) is 0 Å². The smallest absolute Gasteiger partial charge is 0.0702 e. The predicted octanol–water partition coefficient (Wildman–Crippen LogP) is 5.13. The molecule has 0 aromatic heterocycles. The maximum absolute atomic E-state index is 6.38. The number of fused-ring (bicyclic) bond motifs is 12. The Hall–Kier alpha value is -0.200. The third kappa shape index (κ3) is 14.5. The molecule has 31 heavy (non-hydrogen) atoms. The minimum Gasteiger partial charge on any atom is -0.379 e. The molecule has 3 rings (SSSR count). The van der Waals surface area contributed by atoms with E-state index in [0.29, 0.717) is 6.10 Å². The molecule has 3 aliphatic rings. The lowest BCUT2D eigenvalue weighted by atomic mass is 10.0. The second-order valence-electron chi connectivity index (χ2n) is 9.54. The summed E-state index contributed by atoms with van der Waals surface area (Å²) in [6.07, 6.45) is 18.4. The van der Waals surface area contributed by atoms with Gasteiger partial charge in [-0.15, -0.1) is 0 Å². The Morgan fingerprint density at radius 3 is 1.55 bits per heavy atom. The van der Waals surface area contributed by atoms with E-state index < -0.39 is 0 Å². The second-order valence-corrected chi connectivity index (χ2v) is 9.54. The van der Waals surface area contributed by atoms with Crippen LogP contribution in [0.3, 0.4) is 0 Å². The SMILES string of the molecule is CCCCCCCCCCCCCCC1CN2CCOCCN(CCOCC2)CCO1. The summed E-state index contributed by atoms with van der Waals surface area (Å²) in [4.78, 5) is 4.92.